The van der Waals surface area contributed by atoms with Crippen LogP contribution in [0.5, 0.6) is 0 Å². The van der Waals surface area contributed by atoms with Crippen molar-refractivity contribution in [3.05, 3.63) is 0 Å². The van der Waals surface area contributed by atoms with E-state index in [2.05, 4.69) is 9.78 Å². The Morgan fingerprint density at radius 2 is 1.93 bits per heavy atom. The van der Waals surface area contributed by atoms with Crippen molar-refractivity contribution in [2.45, 2.75) is 33.0 Å². The molecule has 0 aromatic carbocycles. The first-order valence-corrected chi connectivity index (χ1v) is 4.19. The molecule has 0 aliphatic carbocycles. The second-order valence-corrected chi connectivity index (χ2v) is 2.77. The summed E-state index contributed by atoms with van der Waals surface area (Å²) in [4.78, 5) is 31.4. The fourth-order valence-electron chi connectivity index (χ4n) is 1.01. The Morgan fingerprint density at radius 1 is 1.36 bits per heavy atom. The quantitative estimate of drug-likeness (QED) is 0.479. The lowest BCUT2D eigenvalue weighted by Crippen LogP contribution is -2.45. The van der Waals surface area contributed by atoms with Crippen molar-refractivity contribution in [2.75, 3.05) is 6.61 Å². The van der Waals surface area contributed by atoms with E-state index in [0.29, 0.717) is 6.61 Å². The van der Waals surface area contributed by atoms with Crippen molar-refractivity contribution in [3.63, 3.8) is 0 Å². The number of carbonyl (C=O) groups is 2. The molecule has 0 amide bonds. The molecule has 0 spiro atoms. The van der Waals surface area contributed by atoms with Crippen LogP contribution in [-0.4, -0.2) is 30.4 Å². The van der Waals surface area contributed by atoms with Crippen LogP contribution in [0.2, 0.25) is 0 Å². The van der Waals surface area contributed by atoms with E-state index in [0.717, 1.165) is 0 Å². The molecular weight excluding hydrogens is 192 g/mol. The third kappa shape index (κ3) is 1.83. The molecule has 0 saturated carbocycles. The normalized spacial score (nSPS) is 24.9. The maximum Gasteiger partial charge on any atom is 0.323 e. The smallest absolute Gasteiger partial charge is 0.323 e. The molecule has 1 heterocycles. The summed E-state index contributed by atoms with van der Waals surface area (Å²) in [5.74, 6) is -3.11. The molecule has 6 nitrogen and oxygen atoms in total. The maximum absolute atomic E-state index is 11.2. The van der Waals surface area contributed by atoms with E-state index in [1.807, 2.05) is 0 Å². The summed E-state index contributed by atoms with van der Waals surface area (Å²) in [6.45, 7) is 3.26. The number of hydrogen-bond acceptors (Lipinski definition) is 6. The van der Waals surface area contributed by atoms with E-state index in [-0.39, 0.29) is 0 Å². The minimum atomic E-state index is -1.96. The summed E-state index contributed by atoms with van der Waals surface area (Å²) < 4.78 is 9.83. The molecule has 0 N–H and O–H groups in total. The molecular formula is C8H12O6. The SMILES string of the molecule is CCOC1OOC(C(C)=O)(C(C)=O)O1. The maximum atomic E-state index is 11.2. The summed E-state index contributed by atoms with van der Waals surface area (Å²) in [6.07, 6.45) is 0. The zero-order valence-electron chi connectivity index (χ0n) is 8.23. The second kappa shape index (κ2) is 4.14. The van der Waals surface area contributed by atoms with Gasteiger partial charge in [-0.15, -0.1) is 0 Å². The Kier molecular flexibility index (Phi) is 3.33. The molecule has 1 saturated heterocycles. The van der Waals surface area contributed by atoms with E-state index < -0.39 is 23.8 Å². The molecule has 0 radical (unpaired) electrons. The van der Waals surface area contributed by atoms with Crippen LogP contribution < -0.4 is 0 Å². The number of carbonyl (C=O) groups excluding carboxylic acids is 2. The van der Waals surface area contributed by atoms with Crippen molar-refractivity contribution in [1.29, 1.82) is 0 Å². The third-order valence-corrected chi connectivity index (χ3v) is 1.74. The summed E-state index contributed by atoms with van der Waals surface area (Å²) in [7, 11) is 0. The Labute approximate surface area is 81.0 Å². The van der Waals surface area contributed by atoms with Gasteiger partial charge in [-0.25, -0.2) is 0 Å². The average Bonchev–Trinajstić information content (AvgIpc) is 2.50. The molecule has 1 rings (SSSR count). The van der Waals surface area contributed by atoms with E-state index in [1.54, 1.807) is 6.92 Å². The van der Waals surface area contributed by atoms with Crippen LogP contribution in [0.1, 0.15) is 20.8 Å². The van der Waals surface area contributed by atoms with Crippen LogP contribution in [0.4, 0.5) is 0 Å². The monoisotopic (exact) mass is 204 g/mol. The van der Waals surface area contributed by atoms with Gasteiger partial charge in [0.25, 0.3) is 0 Å². The lowest BCUT2D eigenvalue weighted by atomic mass is 10.1. The fraction of sp³-hybridized carbons (Fsp3) is 0.750. The second-order valence-electron chi connectivity index (χ2n) is 2.77. The third-order valence-electron chi connectivity index (χ3n) is 1.74. The predicted octanol–water partition coefficient (Wildman–Crippen LogP) is 0.159. The van der Waals surface area contributed by atoms with Gasteiger partial charge in [-0.05, 0) is 6.92 Å². The molecule has 0 bridgehead atoms. The minimum Gasteiger partial charge on any atom is -0.328 e. The van der Waals surface area contributed by atoms with Crippen LogP contribution in [0.3, 0.4) is 0 Å². The van der Waals surface area contributed by atoms with E-state index in [9.17, 15) is 9.59 Å². The van der Waals surface area contributed by atoms with Crippen molar-refractivity contribution in [1.82, 2.24) is 0 Å². The van der Waals surface area contributed by atoms with Crippen molar-refractivity contribution in [2.24, 2.45) is 0 Å². The molecule has 1 aliphatic rings. The molecule has 1 fully saturated rings. The Balaban J connectivity index is 2.75. The highest BCUT2D eigenvalue weighted by molar-refractivity contribution is 6.06. The number of rotatable bonds is 4. The molecule has 80 valence electrons. The Bertz CT molecular complexity index is 234. The molecule has 1 unspecified atom stereocenters. The Morgan fingerprint density at radius 3 is 2.29 bits per heavy atom. The van der Waals surface area contributed by atoms with Crippen LogP contribution in [-0.2, 0) is 28.8 Å². The molecule has 1 atom stereocenters. The first-order chi connectivity index (χ1) is 6.53. The van der Waals surface area contributed by atoms with Gasteiger partial charge in [-0.1, -0.05) is 0 Å². The van der Waals surface area contributed by atoms with Gasteiger partial charge in [0.05, 0.1) is 0 Å². The van der Waals surface area contributed by atoms with Gasteiger partial charge in [-0.3, -0.25) is 14.3 Å². The van der Waals surface area contributed by atoms with Gasteiger partial charge in [-0.2, -0.15) is 9.78 Å². The van der Waals surface area contributed by atoms with E-state index in [1.165, 1.54) is 13.8 Å². The lowest BCUT2D eigenvalue weighted by Gasteiger charge is -2.17. The molecule has 0 aromatic heterocycles. The highest BCUT2D eigenvalue weighted by atomic mass is 17.3. The summed E-state index contributed by atoms with van der Waals surface area (Å²) in [5.41, 5.74) is 0. The van der Waals surface area contributed by atoms with Crippen LogP contribution in [0, 0.1) is 0 Å². The largest absolute Gasteiger partial charge is 0.328 e. The van der Waals surface area contributed by atoms with Gasteiger partial charge in [0.15, 0.2) is 11.6 Å². The average molecular weight is 204 g/mol. The van der Waals surface area contributed by atoms with Crippen LogP contribution >= 0.6 is 0 Å². The first kappa shape index (κ1) is 11.3. The predicted molar refractivity (Wildman–Crippen MR) is 42.8 cm³/mol. The number of Topliss-reactive ketones (excluding diaryl/α,β-unsaturated/α-hetero) is 2. The van der Waals surface area contributed by atoms with Crippen LogP contribution in [0.25, 0.3) is 0 Å². The van der Waals surface area contributed by atoms with Gasteiger partial charge < -0.3 is 4.74 Å². The molecule has 6 heteroatoms. The van der Waals surface area contributed by atoms with Crippen LogP contribution in [0.15, 0.2) is 0 Å². The van der Waals surface area contributed by atoms with E-state index in [4.69, 9.17) is 9.47 Å². The Hall–Kier alpha value is -0.820. The van der Waals surface area contributed by atoms with Crippen molar-refractivity contribution in [3.8, 4) is 0 Å². The zero-order valence-corrected chi connectivity index (χ0v) is 8.23. The highest BCUT2D eigenvalue weighted by Gasteiger charge is 2.53. The van der Waals surface area contributed by atoms with Crippen molar-refractivity contribution >= 4 is 11.6 Å². The lowest BCUT2D eigenvalue weighted by molar-refractivity contribution is -0.353. The minimum absolute atomic E-state index is 0.319. The zero-order chi connectivity index (χ0) is 10.8. The van der Waals surface area contributed by atoms with Gasteiger partial charge in [0.2, 0.25) is 0 Å². The topological polar surface area (TPSA) is 71.1 Å². The standard InChI is InChI=1S/C8H12O6/c1-4-11-7-12-8(5(2)9,6(3)10)14-13-7/h7H,4H2,1-3H3. The van der Waals surface area contributed by atoms with Crippen molar-refractivity contribution < 1.29 is 28.8 Å². The molecule has 0 aromatic rings. The fourth-order valence-corrected chi connectivity index (χ4v) is 1.01. The summed E-state index contributed by atoms with van der Waals surface area (Å²) in [6, 6.07) is 0. The number of ether oxygens (including phenoxy) is 2. The number of ketones is 2. The summed E-state index contributed by atoms with van der Waals surface area (Å²) >= 11 is 0. The van der Waals surface area contributed by atoms with Gasteiger partial charge >= 0.3 is 12.3 Å². The first-order valence-electron chi connectivity index (χ1n) is 4.19. The summed E-state index contributed by atoms with van der Waals surface area (Å²) in [5, 5.41) is 0. The number of hydrogen-bond donors (Lipinski definition) is 0. The van der Waals surface area contributed by atoms with Gasteiger partial charge in [0.1, 0.15) is 0 Å². The van der Waals surface area contributed by atoms with E-state index >= 15 is 0 Å². The molecule has 1 aliphatic heterocycles. The highest BCUT2D eigenvalue weighted by Crippen LogP contribution is 2.27. The van der Waals surface area contributed by atoms with Gasteiger partial charge in [0, 0.05) is 20.5 Å². The molecule has 14 heavy (non-hydrogen) atoms.